The van der Waals surface area contributed by atoms with Crippen LogP contribution in [0.5, 0.6) is 0 Å². The van der Waals surface area contributed by atoms with Crippen molar-refractivity contribution in [2.75, 3.05) is 0 Å². The average molecular weight is 261 g/mol. The standard InChI is InChI=1S/C13H11NO5/c1-7(13(17)18)14-12(16)11-6-9(15)8-4-2-3-5-10(8)19-11/h2-7H,1H3,(H,14,16)(H,17,18)/t7-/m1/s1. The summed E-state index contributed by atoms with van der Waals surface area (Å²) in [6.45, 7) is 1.32. The van der Waals surface area contributed by atoms with Crippen LogP contribution in [0.3, 0.4) is 0 Å². The lowest BCUT2D eigenvalue weighted by atomic mass is 10.2. The van der Waals surface area contributed by atoms with E-state index in [2.05, 4.69) is 5.32 Å². The van der Waals surface area contributed by atoms with Gasteiger partial charge in [0.25, 0.3) is 5.91 Å². The van der Waals surface area contributed by atoms with E-state index in [1.807, 2.05) is 0 Å². The van der Waals surface area contributed by atoms with E-state index in [0.29, 0.717) is 5.39 Å². The molecule has 0 unspecified atom stereocenters. The number of benzene rings is 1. The van der Waals surface area contributed by atoms with Crippen LogP contribution in [-0.2, 0) is 4.79 Å². The molecule has 0 radical (unpaired) electrons. The highest BCUT2D eigenvalue weighted by molar-refractivity contribution is 5.95. The van der Waals surface area contributed by atoms with Gasteiger partial charge < -0.3 is 14.8 Å². The van der Waals surface area contributed by atoms with Crippen LogP contribution in [0.4, 0.5) is 0 Å². The minimum atomic E-state index is -1.17. The number of rotatable bonds is 3. The third-order valence-corrected chi connectivity index (χ3v) is 2.58. The number of aliphatic carboxylic acids is 1. The van der Waals surface area contributed by atoms with E-state index < -0.39 is 17.9 Å². The highest BCUT2D eigenvalue weighted by Crippen LogP contribution is 2.11. The smallest absolute Gasteiger partial charge is 0.325 e. The van der Waals surface area contributed by atoms with Gasteiger partial charge in [0.05, 0.1) is 5.39 Å². The second-order valence-corrected chi connectivity index (χ2v) is 4.00. The van der Waals surface area contributed by atoms with Crippen LogP contribution in [0.25, 0.3) is 11.0 Å². The summed E-state index contributed by atoms with van der Waals surface area (Å²) in [6.07, 6.45) is 0. The highest BCUT2D eigenvalue weighted by Gasteiger charge is 2.18. The van der Waals surface area contributed by atoms with E-state index >= 15 is 0 Å². The van der Waals surface area contributed by atoms with E-state index in [0.717, 1.165) is 6.07 Å². The summed E-state index contributed by atoms with van der Waals surface area (Å²) in [5, 5.41) is 11.3. The number of fused-ring (bicyclic) bond motifs is 1. The molecule has 0 aliphatic heterocycles. The Bertz CT molecular complexity index is 703. The molecule has 19 heavy (non-hydrogen) atoms. The zero-order valence-electron chi connectivity index (χ0n) is 10.0. The van der Waals surface area contributed by atoms with Gasteiger partial charge in [-0.3, -0.25) is 14.4 Å². The first-order valence-corrected chi connectivity index (χ1v) is 5.55. The first kappa shape index (κ1) is 12.8. The number of amides is 1. The fourth-order valence-electron chi connectivity index (χ4n) is 1.55. The topological polar surface area (TPSA) is 96.6 Å². The van der Waals surface area contributed by atoms with Gasteiger partial charge in [-0.1, -0.05) is 12.1 Å². The molecule has 98 valence electrons. The fourth-order valence-corrected chi connectivity index (χ4v) is 1.55. The van der Waals surface area contributed by atoms with Crippen LogP contribution in [0.15, 0.2) is 39.5 Å². The molecule has 0 fully saturated rings. The van der Waals surface area contributed by atoms with E-state index in [4.69, 9.17) is 9.52 Å². The maximum atomic E-state index is 11.8. The lowest BCUT2D eigenvalue weighted by Gasteiger charge is -2.08. The average Bonchev–Trinajstić information content (AvgIpc) is 2.38. The monoisotopic (exact) mass is 261 g/mol. The van der Waals surface area contributed by atoms with Crippen LogP contribution in [0, 0.1) is 0 Å². The summed E-state index contributed by atoms with van der Waals surface area (Å²) in [7, 11) is 0. The van der Waals surface area contributed by atoms with Crippen LogP contribution >= 0.6 is 0 Å². The quantitative estimate of drug-likeness (QED) is 0.859. The van der Waals surface area contributed by atoms with Crippen LogP contribution in [0.1, 0.15) is 17.5 Å². The molecule has 1 heterocycles. The van der Waals surface area contributed by atoms with Gasteiger partial charge in [-0.15, -0.1) is 0 Å². The highest BCUT2D eigenvalue weighted by atomic mass is 16.4. The van der Waals surface area contributed by atoms with Crippen molar-refractivity contribution in [2.24, 2.45) is 0 Å². The summed E-state index contributed by atoms with van der Waals surface area (Å²) < 4.78 is 5.28. The summed E-state index contributed by atoms with van der Waals surface area (Å²) in [5.41, 5.74) is -0.0712. The largest absolute Gasteiger partial charge is 0.480 e. The van der Waals surface area contributed by atoms with Crippen molar-refractivity contribution in [1.82, 2.24) is 5.32 Å². The molecular weight excluding hydrogens is 250 g/mol. The molecule has 0 bridgehead atoms. The number of carbonyl (C=O) groups is 2. The van der Waals surface area contributed by atoms with Crippen LogP contribution < -0.4 is 10.7 Å². The van der Waals surface area contributed by atoms with Crippen molar-refractivity contribution in [3.8, 4) is 0 Å². The van der Waals surface area contributed by atoms with Gasteiger partial charge in [0, 0.05) is 6.07 Å². The van der Waals surface area contributed by atoms with Crippen molar-refractivity contribution in [2.45, 2.75) is 13.0 Å². The van der Waals surface area contributed by atoms with Gasteiger partial charge in [-0.05, 0) is 19.1 Å². The number of carboxylic acid groups (broad SMARTS) is 1. The number of nitrogens with one attached hydrogen (secondary N) is 1. The Morgan fingerprint density at radius 2 is 2.00 bits per heavy atom. The van der Waals surface area contributed by atoms with E-state index in [-0.39, 0.29) is 16.8 Å². The zero-order chi connectivity index (χ0) is 14.0. The van der Waals surface area contributed by atoms with Crippen molar-refractivity contribution < 1.29 is 19.1 Å². The lowest BCUT2D eigenvalue weighted by molar-refractivity contribution is -0.138. The zero-order valence-corrected chi connectivity index (χ0v) is 10.0. The SMILES string of the molecule is C[C@@H](NC(=O)c1cc(=O)c2ccccc2o1)C(=O)O. The number of carboxylic acids is 1. The molecular formula is C13H11NO5. The third kappa shape index (κ3) is 2.62. The first-order chi connectivity index (χ1) is 8.99. The summed E-state index contributed by atoms with van der Waals surface area (Å²) in [5.74, 6) is -2.12. The van der Waals surface area contributed by atoms with Crippen molar-refractivity contribution in [3.63, 3.8) is 0 Å². The molecule has 2 aromatic rings. The maximum Gasteiger partial charge on any atom is 0.325 e. The minimum Gasteiger partial charge on any atom is -0.480 e. The van der Waals surface area contributed by atoms with Gasteiger partial charge >= 0.3 is 5.97 Å². The minimum absolute atomic E-state index is 0.211. The Hall–Kier alpha value is -2.63. The predicted molar refractivity (Wildman–Crippen MR) is 67.0 cm³/mol. The Morgan fingerprint density at radius 1 is 1.32 bits per heavy atom. The molecule has 2 rings (SSSR count). The maximum absolute atomic E-state index is 11.8. The van der Waals surface area contributed by atoms with Gasteiger partial charge in [-0.25, -0.2) is 0 Å². The number of hydrogen-bond acceptors (Lipinski definition) is 4. The normalized spacial score (nSPS) is 12.1. The number of hydrogen-bond donors (Lipinski definition) is 2. The first-order valence-electron chi connectivity index (χ1n) is 5.55. The van der Waals surface area contributed by atoms with Crippen molar-refractivity contribution in [3.05, 3.63) is 46.3 Å². The number of carbonyl (C=O) groups excluding carboxylic acids is 1. The summed E-state index contributed by atoms with van der Waals surface area (Å²) in [4.78, 5) is 34.2. The summed E-state index contributed by atoms with van der Waals surface area (Å²) >= 11 is 0. The Balaban J connectivity index is 2.38. The number of para-hydroxylation sites is 1. The molecule has 0 saturated heterocycles. The Kier molecular flexibility index (Phi) is 3.33. The Labute approximate surface area is 107 Å². The van der Waals surface area contributed by atoms with Crippen molar-refractivity contribution in [1.29, 1.82) is 0 Å². The van der Waals surface area contributed by atoms with Gasteiger partial charge in [0.15, 0.2) is 11.2 Å². The second kappa shape index (κ2) is 4.93. The molecule has 2 N–H and O–H groups in total. The molecule has 1 aromatic heterocycles. The van der Waals surface area contributed by atoms with Crippen LogP contribution in [0.2, 0.25) is 0 Å². The molecule has 1 amide bonds. The van der Waals surface area contributed by atoms with Gasteiger partial charge in [0.1, 0.15) is 11.6 Å². The van der Waals surface area contributed by atoms with Gasteiger partial charge in [0.2, 0.25) is 0 Å². The predicted octanol–water partition coefficient (Wildman–Crippen LogP) is 0.996. The molecule has 0 aliphatic rings. The molecule has 0 spiro atoms. The van der Waals surface area contributed by atoms with Crippen molar-refractivity contribution >= 4 is 22.8 Å². The molecule has 0 saturated carbocycles. The van der Waals surface area contributed by atoms with E-state index in [9.17, 15) is 14.4 Å². The molecule has 0 aliphatic carbocycles. The summed E-state index contributed by atoms with van der Waals surface area (Å²) in [6, 6.07) is 6.49. The van der Waals surface area contributed by atoms with E-state index in [1.165, 1.54) is 6.92 Å². The molecule has 6 nitrogen and oxygen atoms in total. The molecule has 6 heteroatoms. The second-order valence-electron chi connectivity index (χ2n) is 4.00. The van der Waals surface area contributed by atoms with E-state index in [1.54, 1.807) is 24.3 Å². The molecule has 1 atom stereocenters. The fraction of sp³-hybridized carbons (Fsp3) is 0.154. The lowest BCUT2D eigenvalue weighted by Crippen LogP contribution is -2.38. The third-order valence-electron chi connectivity index (χ3n) is 2.58. The Morgan fingerprint density at radius 3 is 2.68 bits per heavy atom. The molecule has 1 aromatic carbocycles. The van der Waals surface area contributed by atoms with Crippen LogP contribution in [-0.4, -0.2) is 23.0 Å². The van der Waals surface area contributed by atoms with Gasteiger partial charge in [-0.2, -0.15) is 0 Å².